The Balaban J connectivity index is 2.17. The van der Waals surface area contributed by atoms with Crippen molar-refractivity contribution in [2.45, 2.75) is 19.9 Å². The van der Waals surface area contributed by atoms with Gasteiger partial charge in [0, 0.05) is 6.07 Å². The maximum absolute atomic E-state index is 5.81. The Morgan fingerprint density at radius 1 is 1.24 bits per heavy atom. The van der Waals surface area contributed by atoms with Gasteiger partial charge in [0.25, 0.3) is 0 Å². The topological polar surface area (TPSA) is 37.8 Å². The molecular weight excluding hydrogens is 234 g/mol. The number of hydrogen-bond acceptors (Lipinski definition) is 3. The molecule has 0 aliphatic heterocycles. The van der Waals surface area contributed by atoms with E-state index in [9.17, 15) is 0 Å². The summed E-state index contributed by atoms with van der Waals surface area (Å²) in [6.07, 6.45) is 1.45. The second-order valence-corrected chi connectivity index (χ2v) is 4.34. The third kappa shape index (κ3) is 2.94. The first-order chi connectivity index (χ1) is 8.16. The SMILES string of the molecule is Cc1ccccc1C(C)Nc1cc(Cl)ncn1. The third-order valence-electron chi connectivity index (χ3n) is 2.65. The van der Waals surface area contributed by atoms with Gasteiger partial charge in [-0.2, -0.15) is 0 Å². The number of rotatable bonds is 3. The van der Waals surface area contributed by atoms with Gasteiger partial charge in [-0.15, -0.1) is 0 Å². The Bertz CT molecular complexity index is 514. The number of anilines is 1. The van der Waals surface area contributed by atoms with Crippen LogP contribution in [-0.2, 0) is 0 Å². The molecular formula is C13H14ClN3. The predicted octanol–water partition coefficient (Wildman–Crippen LogP) is 3.61. The van der Waals surface area contributed by atoms with Crippen molar-refractivity contribution in [3.05, 3.63) is 52.9 Å². The van der Waals surface area contributed by atoms with Crippen molar-refractivity contribution in [2.24, 2.45) is 0 Å². The molecule has 17 heavy (non-hydrogen) atoms. The zero-order valence-corrected chi connectivity index (χ0v) is 10.6. The summed E-state index contributed by atoms with van der Waals surface area (Å²) < 4.78 is 0. The van der Waals surface area contributed by atoms with Crippen molar-refractivity contribution < 1.29 is 0 Å². The van der Waals surface area contributed by atoms with Gasteiger partial charge in [-0.25, -0.2) is 9.97 Å². The lowest BCUT2D eigenvalue weighted by Gasteiger charge is -2.16. The Morgan fingerprint density at radius 3 is 2.71 bits per heavy atom. The highest BCUT2D eigenvalue weighted by atomic mass is 35.5. The number of aromatic nitrogens is 2. The molecule has 0 fully saturated rings. The maximum Gasteiger partial charge on any atom is 0.134 e. The minimum atomic E-state index is 0.183. The van der Waals surface area contributed by atoms with Gasteiger partial charge in [-0.3, -0.25) is 0 Å². The van der Waals surface area contributed by atoms with E-state index in [1.807, 2.05) is 12.1 Å². The smallest absolute Gasteiger partial charge is 0.134 e. The van der Waals surface area contributed by atoms with Gasteiger partial charge < -0.3 is 5.32 Å². The molecule has 2 rings (SSSR count). The van der Waals surface area contributed by atoms with Crippen LogP contribution in [0.25, 0.3) is 0 Å². The molecule has 0 amide bonds. The number of benzene rings is 1. The molecule has 0 aliphatic carbocycles. The average Bonchev–Trinajstić information content (AvgIpc) is 2.29. The fourth-order valence-corrected chi connectivity index (χ4v) is 1.93. The summed E-state index contributed by atoms with van der Waals surface area (Å²) in [6, 6.07) is 10.2. The fraction of sp³-hybridized carbons (Fsp3) is 0.231. The molecule has 2 aromatic rings. The minimum Gasteiger partial charge on any atom is -0.363 e. The number of nitrogens with zero attached hydrogens (tertiary/aromatic N) is 2. The standard InChI is InChI=1S/C13H14ClN3/c1-9-5-3-4-6-11(9)10(2)17-13-7-12(14)15-8-16-13/h3-8,10H,1-2H3,(H,15,16,17). The van der Waals surface area contributed by atoms with Gasteiger partial charge in [0.15, 0.2) is 0 Å². The van der Waals surface area contributed by atoms with Gasteiger partial charge in [0.05, 0.1) is 6.04 Å². The Kier molecular flexibility index (Phi) is 3.59. The van der Waals surface area contributed by atoms with Gasteiger partial charge >= 0.3 is 0 Å². The molecule has 1 aromatic carbocycles. The average molecular weight is 248 g/mol. The van der Waals surface area contributed by atoms with Crippen molar-refractivity contribution in [1.82, 2.24) is 9.97 Å². The van der Waals surface area contributed by atoms with Crippen LogP contribution in [-0.4, -0.2) is 9.97 Å². The first kappa shape index (κ1) is 11.9. The van der Waals surface area contributed by atoms with Crippen LogP contribution >= 0.6 is 11.6 Å². The molecule has 1 N–H and O–H groups in total. The van der Waals surface area contributed by atoms with Crippen molar-refractivity contribution >= 4 is 17.4 Å². The van der Waals surface area contributed by atoms with Gasteiger partial charge in [0.2, 0.25) is 0 Å². The second-order valence-electron chi connectivity index (χ2n) is 3.95. The lowest BCUT2D eigenvalue weighted by atomic mass is 10.0. The largest absolute Gasteiger partial charge is 0.363 e. The summed E-state index contributed by atoms with van der Waals surface area (Å²) in [6.45, 7) is 4.19. The van der Waals surface area contributed by atoms with Crippen LogP contribution in [0, 0.1) is 6.92 Å². The third-order valence-corrected chi connectivity index (χ3v) is 2.86. The molecule has 0 spiro atoms. The summed E-state index contributed by atoms with van der Waals surface area (Å²) in [5, 5.41) is 3.75. The number of halogens is 1. The van der Waals surface area contributed by atoms with Crippen LogP contribution in [0.15, 0.2) is 36.7 Å². The van der Waals surface area contributed by atoms with Crippen LogP contribution in [0.4, 0.5) is 5.82 Å². The Morgan fingerprint density at radius 2 is 2.00 bits per heavy atom. The quantitative estimate of drug-likeness (QED) is 0.842. The Labute approximate surface area is 106 Å². The summed E-state index contributed by atoms with van der Waals surface area (Å²) in [5.41, 5.74) is 2.51. The van der Waals surface area contributed by atoms with Crippen molar-refractivity contribution in [3.63, 3.8) is 0 Å². The van der Waals surface area contributed by atoms with E-state index in [1.54, 1.807) is 6.07 Å². The molecule has 0 bridgehead atoms. The van der Waals surface area contributed by atoms with E-state index in [4.69, 9.17) is 11.6 Å². The van der Waals surface area contributed by atoms with Crippen LogP contribution in [0.3, 0.4) is 0 Å². The van der Waals surface area contributed by atoms with E-state index in [2.05, 4.69) is 41.3 Å². The number of hydrogen-bond donors (Lipinski definition) is 1. The van der Waals surface area contributed by atoms with E-state index >= 15 is 0 Å². The summed E-state index contributed by atoms with van der Waals surface area (Å²) >= 11 is 5.81. The van der Waals surface area contributed by atoms with E-state index in [0.717, 1.165) is 5.82 Å². The highest BCUT2D eigenvalue weighted by molar-refractivity contribution is 6.29. The lowest BCUT2D eigenvalue weighted by Crippen LogP contribution is -2.09. The molecule has 88 valence electrons. The van der Waals surface area contributed by atoms with Crippen molar-refractivity contribution in [2.75, 3.05) is 5.32 Å². The second kappa shape index (κ2) is 5.15. The van der Waals surface area contributed by atoms with E-state index < -0.39 is 0 Å². The summed E-state index contributed by atoms with van der Waals surface area (Å²) in [7, 11) is 0. The lowest BCUT2D eigenvalue weighted by molar-refractivity contribution is 0.862. The van der Waals surface area contributed by atoms with E-state index in [-0.39, 0.29) is 6.04 Å². The highest BCUT2D eigenvalue weighted by Crippen LogP contribution is 2.21. The van der Waals surface area contributed by atoms with E-state index in [0.29, 0.717) is 5.15 Å². The Hall–Kier alpha value is -1.61. The summed E-state index contributed by atoms with van der Waals surface area (Å²) in [4.78, 5) is 7.98. The molecule has 3 nitrogen and oxygen atoms in total. The monoisotopic (exact) mass is 247 g/mol. The number of aryl methyl sites for hydroxylation is 1. The molecule has 1 heterocycles. The highest BCUT2D eigenvalue weighted by Gasteiger charge is 2.08. The van der Waals surface area contributed by atoms with Gasteiger partial charge in [-0.05, 0) is 25.0 Å². The molecule has 0 aliphatic rings. The van der Waals surface area contributed by atoms with Crippen molar-refractivity contribution in [1.29, 1.82) is 0 Å². The molecule has 0 saturated heterocycles. The summed E-state index contributed by atoms with van der Waals surface area (Å²) in [5.74, 6) is 0.737. The van der Waals surface area contributed by atoms with E-state index in [1.165, 1.54) is 17.5 Å². The normalized spacial score (nSPS) is 12.2. The van der Waals surface area contributed by atoms with Crippen LogP contribution in [0.1, 0.15) is 24.1 Å². The molecule has 1 atom stereocenters. The van der Waals surface area contributed by atoms with Crippen LogP contribution < -0.4 is 5.32 Å². The van der Waals surface area contributed by atoms with Crippen molar-refractivity contribution in [3.8, 4) is 0 Å². The molecule has 4 heteroatoms. The zero-order chi connectivity index (χ0) is 12.3. The van der Waals surface area contributed by atoms with Gasteiger partial charge in [-0.1, -0.05) is 35.9 Å². The van der Waals surface area contributed by atoms with Crippen LogP contribution in [0.5, 0.6) is 0 Å². The molecule has 1 aromatic heterocycles. The fourth-order valence-electron chi connectivity index (χ4n) is 1.78. The van der Waals surface area contributed by atoms with Gasteiger partial charge in [0.1, 0.15) is 17.3 Å². The molecule has 0 radical (unpaired) electrons. The molecule has 0 saturated carbocycles. The zero-order valence-electron chi connectivity index (χ0n) is 9.81. The number of nitrogens with one attached hydrogen (secondary N) is 1. The molecule has 1 unspecified atom stereocenters. The first-order valence-electron chi connectivity index (χ1n) is 5.46. The first-order valence-corrected chi connectivity index (χ1v) is 5.84. The minimum absolute atomic E-state index is 0.183. The predicted molar refractivity (Wildman–Crippen MR) is 70.3 cm³/mol. The van der Waals surface area contributed by atoms with Crippen LogP contribution in [0.2, 0.25) is 5.15 Å². The maximum atomic E-state index is 5.81.